The number of benzene rings is 3. The summed E-state index contributed by atoms with van der Waals surface area (Å²) < 4.78 is 22.3. The number of unbranched alkanes of at least 4 members (excludes halogenated alkanes) is 6. The standard InChI is InChI=1S/C41H49N3O7/c1-48-35-24-22-34(23-25-35)29-49-27-14-6-4-2-3-5-13-20-38-36(28-45)37-21-15-26-43(37)39(42-40(46)50-30-32-16-9-7-10-17-32)44(38)41(47)51-31-33-18-11-8-12-19-33/h7-12,16-19,22-25,28,38H,2-6,13-15,20-21,26-27,29-31H2,1H3/b42-39+/t38-/m1/s1. The Morgan fingerprint density at radius 2 is 1.37 bits per heavy atom. The maximum Gasteiger partial charge on any atom is 0.437 e. The lowest BCUT2D eigenvalue weighted by molar-refractivity contribution is -0.105. The van der Waals surface area contributed by atoms with Crippen molar-refractivity contribution in [3.8, 4) is 5.75 Å². The minimum atomic E-state index is -0.805. The van der Waals surface area contributed by atoms with Gasteiger partial charge in [0, 0.05) is 24.4 Å². The molecule has 51 heavy (non-hydrogen) atoms. The molecule has 270 valence electrons. The van der Waals surface area contributed by atoms with E-state index in [1.54, 1.807) is 12.0 Å². The van der Waals surface area contributed by atoms with Crippen molar-refractivity contribution in [2.24, 2.45) is 4.99 Å². The van der Waals surface area contributed by atoms with Crippen LogP contribution in [0.15, 0.2) is 101 Å². The Hall–Kier alpha value is -4.96. The fourth-order valence-electron chi connectivity index (χ4n) is 6.51. The van der Waals surface area contributed by atoms with Crippen molar-refractivity contribution in [2.75, 3.05) is 20.3 Å². The summed E-state index contributed by atoms with van der Waals surface area (Å²) >= 11 is 0. The van der Waals surface area contributed by atoms with Gasteiger partial charge in [-0.2, -0.15) is 0 Å². The summed E-state index contributed by atoms with van der Waals surface area (Å²) in [6, 6.07) is 26.1. The molecule has 2 amide bonds. The van der Waals surface area contributed by atoms with Gasteiger partial charge in [0.25, 0.3) is 0 Å². The molecule has 0 aromatic heterocycles. The summed E-state index contributed by atoms with van der Waals surface area (Å²) in [6.45, 7) is 1.96. The third kappa shape index (κ3) is 11.0. The average molecular weight is 696 g/mol. The number of guanidine groups is 1. The van der Waals surface area contributed by atoms with Gasteiger partial charge < -0.3 is 23.8 Å². The van der Waals surface area contributed by atoms with Crippen molar-refractivity contribution in [2.45, 2.75) is 90.1 Å². The van der Waals surface area contributed by atoms with E-state index in [4.69, 9.17) is 18.9 Å². The number of nitrogens with zero attached hydrogens (tertiary/aromatic N) is 3. The molecule has 0 N–H and O–H groups in total. The molecule has 0 unspecified atom stereocenters. The largest absolute Gasteiger partial charge is 0.497 e. The molecular formula is C41H49N3O7. The number of allylic oxidation sites excluding steroid dienone is 1. The molecule has 1 atom stereocenters. The number of rotatable bonds is 18. The van der Waals surface area contributed by atoms with Crippen LogP contribution in [-0.4, -0.2) is 60.5 Å². The van der Waals surface area contributed by atoms with Gasteiger partial charge >= 0.3 is 12.2 Å². The molecule has 10 heteroatoms. The summed E-state index contributed by atoms with van der Waals surface area (Å²) in [5.41, 5.74) is 4.15. The molecule has 10 nitrogen and oxygen atoms in total. The van der Waals surface area contributed by atoms with E-state index in [0.29, 0.717) is 31.6 Å². The number of amides is 2. The van der Waals surface area contributed by atoms with Crippen LogP contribution < -0.4 is 4.74 Å². The van der Waals surface area contributed by atoms with Crippen molar-refractivity contribution >= 4 is 24.4 Å². The van der Waals surface area contributed by atoms with Gasteiger partial charge in [0.05, 0.1) is 19.8 Å². The van der Waals surface area contributed by atoms with Crippen LogP contribution in [0.25, 0.3) is 0 Å². The summed E-state index contributed by atoms with van der Waals surface area (Å²) in [6.07, 6.45) is 8.51. The molecule has 3 aromatic carbocycles. The fraction of sp³-hybridized carbons (Fsp3) is 0.415. The lowest BCUT2D eigenvalue weighted by Crippen LogP contribution is -2.56. The second-order valence-corrected chi connectivity index (χ2v) is 12.8. The molecule has 0 bridgehead atoms. The zero-order valence-corrected chi connectivity index (χ0v) is 29.5. The van der Waals surface area contributed by atoms with Crippen LogP contribution in [0.5, 0.6) is 5.75 Å². The van der Waals surface area contributed by atoms with Gasteiger partial charge in [-0.15, -0.1) is 4.99 Å². The molecule has 0 aliphatic carbocycles. The van der Waals surface area contributed by atoms with Crippen molar-refractivity contribution in [1.29, 1.82) is 0 Å². The highest BCUT2D eigenvalue weighted by molar-refractivity contribution is 6.03. The van der Waals surface area contributed by atoms with Gasteiger partial charge in [-0.05, 0) is 54.5 Å². The Morgan fingerprint density at radius 3 is 2.02 bits per heavy atom. The highest BCUT2D eigenvalue weighted by Gasteiger charge is 2.44. The van der Waals surface area contributed by atoms with Crippen molar-refractivity contribution in [3.05, 3.63) is 113 Å². The second-order valence-electron chi connectivity index (χ2n) is 12.8. The van der Waals surface area contributed by atoms with E-state index in [0.717, 1.165) is 92.4 Å². The van der Waals surface area contributed by atoms with E-state index in [-0.39, 0.29) is 19.2 Å². The molecule has 1 saturated heterocycles. The predicted octanol–water partition coefficient (Wildman–Crippen LogP) is 8.60. The first-order valence-electron chi connectivity index (χ1n) is 18.0. The number of carbonyl (C=O) groups is 3. The lowest BCUT2D eigenvalue weighted by atomic mass is 9.95. The number of hydrogen-bond donors (Lipinski definition) is 0. The number of aldehydes is 1. The first-order valence-corrected chi connectivity index (χ1v) is 18.0. The van der Waals surface area contributed by atoms with E-state index < -0.39 is 18.2 Å². The van der Waals surface area contributed by atoms with Crippen molar-refractivity contribution in [1.82, 2.24) is 9.80 Å². The molecular weight excluding hydrogens is 646 g/mol. The van der Waals surface area contributed by atoms with E-state index in [1.807, 2.05) is 84.9 Å². The molecule has 5 rings (SSSR count). The number of fused-ring (bicyclic) bond motifs is 1. The summed E-state index contributed by atoms with van der Waals surface area (Å²) in [5, 5.41) is 0. The molecule has 0 saturated carbocycles. The summed E-state index contributed by atoms with van der Waals surface area (Å²) in [7, 11) is 1.66. The third-order valence-electron chi connectivity index (χ3n) is 9.20. The maximum absolute atomic E-state index is 13.9. The van der Waals surface area contributed by atoms with Gasteiger partial charge in [0.2, 0.25) is 5.96 Å². The Balaban J connectivity index is 1.17. The minimum absolute atomic E-state index is 0.0497. The average Bonchev–Trinajstić information content (AvgIpc) is 3.66. The van der Waals surface area contributed by atoms with Crippen LogP contribution >= 0.6 is 0 Å². The van der Waals surface area contributed by atoms with Gasteiger partial charge in [0.15, 0.2) is 0 Å². The van der Waals surface area contributed by atoms with Crippen LogP contribution in [0.2, 0.25) is 0 Å². The first-order chi connectivity index (χ1) is 25.1. The highest BCUT2D eigenvalue weighted by atomic mass is 16.6. The summed E-state index contributed by atoms with van der Waals surface area (Å²) in [4.78, 5) is 47.1. The Bertz CT molecular complexity index is 1610. The third-order valence-corrected chi connectivity index (χ3v) is 9.20. The molecule has 2 aliphatic rings. The number of carbonyl (C=O) groups excluding carboxylic acids is 3. The van der Waals surface area contributed by atoms with E-state index >= 15 is 0 Å². The molecule has 0 spiro atoms. The Kier molecular flexibility index (Phi) is 14.6. The van der Waals surface area contributed by atoms with Crippen LogP contribution in [-0.2, 0) is 38.8 Å². The number of methoxy groups -OCH3 is 1. The van der Waals surface area contributed by atoms with E-state index in [2.05, 4.69) is 4.99 Å². The smallest absolute Gasteiger partial charge is 0.437 e. The summed E-state index contributed by atoms with van der Waals surface area (Å²) in [5.74, 6) is 0.997. The van der Waals surface area contributed by atoms with Crippen molar-refractivity contribution < 1.29 is 33.3 Å². The quantitative estimate of drug-likeness (QED) is 0.0962. The van der Waals surface area contributed by atoms with Crippen LogP contribution in [0.1, 0.15) is 80.9 Å². The van der Waals surface area contributed by atoms with E-state index in [1.165, 1.54) is 4.90 Å². The highest BCUT2D eigenvalue weighted by Crippen LogP contribution is 2.36. The topological polar surface area (TPSA) is 107 Å². The molecule has 1 fully saturated rings. The monoisotopic (exact) mass is 695 g/mol. The van der Waals surface area contributed by atoms with Gasteiger partial charge in [0.1, 0.15) is 25.2 Å². The SMILES string of the molecule is COc1ccc(COCCCCCCCCC[C@@H]2C(C=O)=C3CCCN3/C(=N\C(=O)OCc3ccccc3)N2C(=O)OCc2ccccc2)cc1. The zero-order chi connectivity index (χ0) is 35.7. The van der Waals surface area contributed by atoms with Crippen molar-refractivity contribution in [3.63, 3.8) is 0 Å². The number of hydrogen-bond acceptors (Lipinski definition) is 7. The Morgan fingerprint density at radius 1 is 0.765 bits per heavy atom. The molecule has 2 aliphatic heterocycles. The normalized spacial score (nSPS) is 16.3. The van der Waals surface area contributed by atoms with Gasteiger partial charge in [-0.25, -0.2) is 14.5 Å². The maximum atomic E-state index is 13.9. The van der Waals surface area contributed by atoms with Crippen LogP contribution in [0.3, 0.4) is 0 Å². The second kappa shape index (κ2) is 20.0. The first kappa shape index (κ1) is 37.3. The molecule has 3 aromatic rings. The van der Waals surface area contributed by atoms with Gasteiger partial charge in [-0.1, -0.05) is 111 Å². The zero-order valence-electron chi connectivity index (χ0n) is 29.5. The predicted molar refractivity (Wildman–Crippen MR) is 195 cm³/mol. The Labute approximate surface area is 301 Å². The van der Waals surface area contributed by atoms with Crippen LogP contribution in [0.4, 0.5) is 9.59 Å². The minimum Gasteiger partial charge on any atom is -0.497 e. The lowest BCUT2D eigenvalue weighted by Gasteiger charge is -2.41. The molecule has 2 heterocycles. The number of aliphatic imine (C=N–C) groups is 1. The fourth-order valence-corrected chi connectivity index (χ4v) is 6.51. The molecule has 0 radical (unpaired) electrons. The van der Waals surface area contributed by atoms with E-state index in [9.17, 15) is 14.4 Å². The number of ether oxygens (including phenoxy) is 4. The van der Waals surface area contributed by atoms with Gasteiger partial charge in [-0.3, -0.25) is 4.79 Å². The van der Waals surface area contributed by atoms with Crippen LogP contribution in [0, 0.1) is 0 Å².